The first-order valence-corrected chi connectivity index (χ1v) is 5.80. The molecule has 0 aromatic rings. The summed E-state index contributed by atoms with van der Waals surface area (Å²) in [5, 5.41) is 3.55. The molecule has 14 heavy (non-hydrogen) atoms. The lowest BCUT2D eigenvalue weighted by molar-refractivity contribution is 0.147. The second-order valence-electron chi connectivity index (χ2n) is 4.80. The maximum Gasteiger partial charge on any atom is 0.0618 e. The molecule has 0 aliphatic heterocycles. The first kappa shape index (κ1) is 13.9. The summed E-state index contributed by atoms with van der Waals surface area (Å²) in [5.74, 6) is 1.46. The molecule has 0 saturated carbocycles. The van der Waals surface area contributed by atoms with Crippen LogP contribution in [0.1, 0.15) is 40.5 Å². The molecule has 0 rings (SSSR count). The fourth-order valence-electron chi connectivity index (χ4n) is 1.46. The summed E-state index contributed by atoms with van der Waals surface area (Å²) < 4.78 is 5.18. The molecule has 1 unspecified atom stereocenters. The molecule has 0 aromatic carbocycles. The fourth-order valence-corrected chi connectivity index (χ4v) is 1.46. The van der Waals surface area contributed by atoms with E-state index in [9.17, 15) is 0 Å². The highest BCUT2D eigenvalue weighted by Gasteiger charge is 2.11. The summed E-state index contributed by atoms with van der Waals surface area (Å²) in [6.45, 7) is 11.0. The van der Waals surface area contributed by atoms with Crippen molar-refractivity contribution in [2.45, 2.75) is 46.6 Å². The van der Waals surface area contributed by atoms with Gasteiger partial charge in [0.2, 0.25) is 0 Å². The quantitative estimate of drug-likeness (QED) is 0.610. The first-order valence-electron chi connectivity index (χ1n) is 5.80. The van der Waals surface area contributed by atoms with E-state index in [1.807, 2.05) is 0 Å². The molecule has 2 nitrogen and oxygen atoms in total. The maximum absolute atomic E-state index is 5.18. The van der Waals surface area contributed by atoms with Crippen LogP contribution in [0, 0.1) is 11.8 Å². The predicted octanol–water partition coefficient (Wildman–Crippen LogP) is 2.68. The molecule has 0 spiro atoms. The lowest BCUT2D eigenvalue weighted by Gasteiger charge is -2.21. The van der Waals surface area contributed by atoms with Crippen LogP contribution in [-0.2, 0) is 4.74 Å². The number of ether oxygens (including phenoxy) is 1. The monoisotopic (exact) mass is 201 g/mol. The van der Waals surface area contributed by atoms with Gasteiger partial charge in [0.1, 0.15) is 0 Å². The van der Waals surface area contributed by atoms with E-state index >= 15 is 0 Å². The highest BCUT2D eigenvalue weighted by Crippen LogP contribution is 2.05. The zero-order valence-corrected chi connectivity index (χ0v) is 10.5. The second kappa shape index (κ2) is 8.25. The molecule has 0 bridgehead atoms. The van der Waals surface area contributed by atoms with Crippen LogP contribution in [0.5, 0.6) is 0 Å². The number of hydrogen-bond acceptors (Lipinski definition) is 2. The van der Waals surface area contributed by atoms with Crippen LogP contribution in [0.15, 0.2) is 0 Å². The Balaban J connectivity index is 3.50. The van der Waals surface area contributed by atoms with Gasteiger partial charge in [-0.1, -0.05) is 27.7 Å². The predicted molar refractivity (Wildman–Crippen MR) is 62.6 cm³/mol. The van der Waals surface area contributed by atoms with Crippen LogP contribution in [0.3, 0.4) is 0 Å². The summed E-state index contributed by atoms with van der Waals surface area (Å²) >= 11 is 0. The van der Waals surface area contributed by atoms with Gasteiger partial charge in [0.05, 0.1) is 6.61 Å². The van der Waals surface area contributed by atoms with E-state index in [0.717, 1.165) is 19.1 Å². The van der Waals surface area contributed by atoms with Crippen LogP contribution in [0.2, 0.25) is 0 Å². The van der Waals surface area contributed by atoms with Gasteiger partial charge in [0, 0.05) is 13.2 Å². The van der Waals surface area contributed by atoms with Crippen molar-refractivity contribution in [2.75, 3.05) is 20.3 Å². The molecule has 0 aliphatic carbocycles. The number of nitrogens with one attached hydrogen (secondary N) is 1. The molecule has 0 saturated heterocycles. The summed E-state index contributed by atoms with van der Waals surface area (Å²) in [7, 11) is 1.77. The average Bonchev–Trinajstić information content (AvgIpc) is 2.09. The summed E-state index contributed by atoms with van der Waals surface area (Å²) in [6.07, 6.45) is 2.58. The first-order chi connectivity index (χ1) is 6.57. The highest BCUT2D eigenvalue weighted by molar-refractivity contribution is 4.69. The number of rotatable bonds is 8. The lowest BCUT2D eigenvalue weighted by Crippen LogP contribution is -2.38. The topological polar surface area (TPSA) is 21.3 Å². The molecule has 1 N–H and O–H groups in total. The minimum Gasteiger partial charge on any atom is -0.383 e. The van der Waals surface area contributed by atoms with Crippen LogP contribution >= 0.6 is 0 Å². The van der Waals surface area contributed by atoms with Gasteiger partial charge < -0.3 is 10.1 Å². The van der Waals surface area contributed by atoms with Crippen LogP contribution in [-0.4, -0.2) is 26.3 Å². The smallest absolute Gasteiger partial charge is 0.0618 e. The second-order valence-corrected chi connectivity index (χ2v) is 4.80. The van der Waals surface area contributed by atoms with Crippen LogP contribution < -0.4 is 5.32 Å². The SMILES string of the molecule is COCC(NCCCC(C)C)C(C)C. The zero-order valence-electron chi connectivity index (χ0n) is 10.5. The minimum absolute atomic E-state index is 0.507. The van der Waals surface area contributed by atoms with Gasteiger partial charge in [-0.15, -0.1) is 0 Å². The Kier molecular flexibility index (Phi) is 8.20. The Morgan fingerprint density at radius 3 is 2.21 bits per heavy atom. The Bertz CT molecular complexity index is 123. The minimum atomic E-state index is 0.507. The maximum atomic E-state index is 5.18. The van der Waals surface area contributed by atoms with Gasteiger partial charge in [-0.2, -0.15) is 0 Å². The van der Waals surface area contributed by atoms with Crippen molar-refractivity contribution >= 4 is 0 Å². The van der Waals surface area contributed by atoms with Crippen molar-refractivity contribution < 1.29 is 4.74 Å². The van der Waals surface area contributed by atoms with E-state index < -0.39 is 0 Å². The van der Waals surface area contributed by atoms with Gasteiger partial charge in [-0.05, 0) is 31.2 Å². The lowest BCUT2D eigenvalue weighted by atomic mass is 10.0. The van der Waals surface area contributed by atoms with E-state index in [-0.39, 0.29) is 0 Å². The number of methoxy groups -OCH3 is 1. The summed E-state index contributed by atoms with van der Waals surface area (Å²) in [5.41, 5.74) is 0. The molecule has 0 aromatic heterocycles. The normalized spacial score (nSPS) is 13.9. The standard InChI is InChI=1S/C12H27NO/c1-10(2)7-6-8-13-12(9-14-5)11(3)4/h10-13H,6-9H2,1-5H3. The fraction of sp³-hybridized carbons (Fsp3) is 1.00. The summed E-state index contributed by atoms with van der Waals surface area (Å²) in [6, 6.07) is 0.507. The molecule has 1 atom stereocenters. The molecular formula is C12H27NO. The van der Waals surface area contributed by atoms with E-state index in [2.05, 4.69) is 33.0 Å². The molecule has 0 fully saturated rings. The van der Waals surface area contributed by atoms with Gasteiger partial charge in [-0.25, -0.2) is 0 Å². The van der Waals surface area contributed by atoms with Crippen LogP contribution in [0.25, 0.3) is 0 Å². The molecule has 0 radical (unpaired) electrons. The number of hydrogen-bond donors (Lipinski definition) is 1. The molecule has 0 amide bonds. The van der Waals surface area contributed by atoms with Crippen molar-refractivity contribution in [1.82, 2.24) is 5.32 Å². The van der Waals surface area contributed by atoms with Gasteiger partial charge in [0.25, 0.3) is 0 Å². The van der Waals surface area contributed by atoms with Crippen LogP contribution in [0.4, 0.5) is 0 Å². The molecular weight excluding hydrogens is 174 g/mol. The Labute approximate surface area is 89.4 Å². The van der Waals surface area contributed by atoms with E-state index in [1.165, 1.54) is 12.8 Å². The molecule has 2 heteroatoms. The van der Waals surface area contributed by atoms with E-state index in [0.29, 0.717) is 12.0 Å². The zero-order chi connectivity index (χ0) is 11.0. The van der Waals surface area contributed by atoms with Crippen molar-refractivity contribution in [1.29, 1.82) is 0 Å². The molecule has 86 valence electrons. The Morgan fingerprint density at radius 1 is 1.14 bits per heavy atom. The molecule has 0 heterocycles. The van der Waals surface area contributed by atoms with E-state index in [4.69, 9.17) is 4.74 Å². The third-order valence-corrected chi connectivity index (χ3v) is 2.52. The van der Waals surface area contributed by atoms with Gasteiger partial charge >= 0.3 is 0 Å². The van der Waals surface area contributed by atoms with Crippen molar-refractivity contribution in [3.05, 3.63) is 0 Å². The van der Waals surface area contributed by atoms with Crippen molar-refractivity contribution in [3.63, 3.8) is 0 Å². The van der Waals surface area contributed by atoms with Crippen molar-refractivity contribution in [3.8, 4) is 0 Å². The largest absolute Gasteiger partial charge is 0.383 e. The molecule has 0 aliphatic rings. The van der Waals surface area contributed by atoms with Gasteiger partial charge in [0.15, 0.2) is 0 Å². The Hall–Kier alpha value is -0.0800. The third-order valence-electron chi connectivity index (χ3n) is 2.52. The van der Waals surface area contributed by atoms with Gasteiger partial charge in [-0.3, -0.25) is 0 Å². The summed E-state index contributed by atoms with van der Waals surface area (Å²) in [4.78, 5) is 0. The van der Waals surface area contributed by atoms with E-state index in [1.54, 1.807) is 7.11 Å². The Morgan fingerprint density at radius 2 is 1.79 bits per heavy atom. The van der Waals surface area contributed by atoms with Crippen molar-refractivity contribution in [2.24, 2.45) is 11.8 Å². The third kappa shape index (κ3) is 7.34. The highest BCUT2D eigenvalue weighted by atomic mass is 16.5. The average molecular weight is 201 g/mol.